The molecular formula is C17H18N2O2S. The first-order chi connectivity index (χ1) is 10.5. The van der Waals surface area contributed by atoms with Crippen LogP contribution >= 0.6 is 11.8 Å². The summed E-state index contributed by atoms with van der Waals surface area (Å²) in [4.78, 5) is 24.1. The molecule has 0 aliphatic rings. The molecule has 0 saturated heterocycles. The van der Waals surface area contributed by atoms with Crippen LogP contribution in [0.25, 0.3) is 0 Å². The monoisotopic (exact) mass is 314 g/mol. The summed E-state index contributed by atoms with van der Waals surface area (Å²) in [6.45, 7) is 3.47. The maximum atomic E-state index is 12.0. The Labute approximate surface area is 134 Å². The molecule has 2 aromatic rings. The smallest absolute Gasteiger partial charge is 0.234 e. The highest BCUT2D eigenvalue weighted by molar-refractivity contribution is 8.00. The third-order valence-corrected chi connectivity index (χ3v) is 4.09. The van der Waals surface area contributed by atoms with E-state index in [2.05, 4.69) is 10.6 Å². The number of hydrogen-bond acceptors (Lipinski definition) is 3. The van der Waals surface area contributed by atoms with Gasteiger partial charge in [-0.2, -0.15) is 0 Å². The van der Waals surface area contributed by atoms with Gasteiger partial charge in [0.05, 0.1) is 5.75 Å². The lowest BCUT2D eigenvalue weighted by molar-refractivity contribution is -0.114. The van der Waals surface area contributed by atoms with Crippen molar-refractivity contribution in [1.29, 1.82) is 0 Å². The van der Waals surface area contributed by atoms with Gasteiger partial charge in [0.2, 0.25) is 11.8 Å². The van der Waals surface area contributed by atoms with Gasteiger partial charge in [-0.1, -0.05) is 24.3 Å². The predicted octanol–water partition coefficient (Wildman–Crippen LogP) is 3.68. The van der Waals surface area contributed by atoms with E-state index in [1.54, 1.807) is 24.3 Å². The summed E-state index contributed by atoms with van der Waals surface area (Å²) in [6.07, 6.45) is 0. The first-order valence-electron chi connectivity index (χ1n) is 6.90. The van der Waals surface area contributed by atoms with Crippen molar-refractivity contribution in [1.82, 2.24) is 0 Å². The van der Waals surface area contributed by atoms with Crippen LogP contribution in [0.1, 0.15) is 12.5 Å². The van der Waals surface area contributed by atoms with Gasteiger partial charge in [-0.05, 0) is 36.8 Å². The molecule has 0 unspecified atom stereocenters. The SMILES string of the molecule is CC(=O)Nc1cccc(NC(=O)CSc2ccccc2C)c1. The van der Waals surface area contributed by atoms with E-state index in [-0.39, 0.29) is 11.8 Å². The van der Waals surface area contributed by atoms with Crippen LogP contribution in [0.15, 0.2) is 53.4 Å². The standard InChI is InChI=1S/C17H18N2O2S/c1-12-6-3-4-9-16(12)22-11-17(21)19-15-8-5-7-14(10-15)18-13(2)20/h3-10H,11H2,1-2H3,(H,18,20)(H,19,21). The summed E-state index contributed by atoms with van der Waals surface area (Å²) >= 11 is 1.51. The van der Waals surface area contributed by atoms with Crippen LogP contribution in [0.2, 0.25) is 0 Å². The van der Waals surface area contributed by atoms with Crippen LogP contribution < -0.4 is 10.6 Å². The summed E-state index contributed by atoms with van der Waals surface area (Å²) in [5, 5.41) is 5.52. The van der Waals surface area contributed by atoms with Crippen LogP contribution in [0.4, 0.5) is 11.4 Å². The number of aryl methyl sites for hydroxylation is 1. The van der Waals surface area contributed by atoms with E-state index in [9.17, 15) is 9.59 Å². The molecule has 4 nitrogen and oxygen atoms in total. The van der Waals surface area contributed by atoms with Crippen LogP contribution in [0.3, 0.4) is 0 Å². The first kappa shape index (κ1) is 16.1. The number of carbonyl (C=O) groups is 2. The number of hydrogen-bond donors (Lipinski definition) is 2. The van der Waals surface area contributed by atoms with Crippen molar-refractivity contribution in [3.63, 3.8) is 0 Å². The molecule has 5 heteroatoms. The Kier molecular flexibility index (Phi) is 5.61. The zero-order chi connectivity index (χ0) is 15.9. The minimum atomic E-state index is -0.140. The second-order valence-corrected chi connectivity index (χ2v) is 5.88. The van der Waals surface area contributed by atoms with Crippen LogP contribution in [0.5, 0.6) is 0 Å². The van der Waals surface area contributed by atoms with Crippen LogP contribution in [-0.2, 0) is 9.59 Å². The predicted molar refractivity (Wildman–Crippen MR) is 91.3 cm³/mol. The quantitative estimate of drug-likeness (QED) is 0.828. The lowest BCUT2D eigenvalue weighted by Crippen LogP contribution is -2.14. The van der Waals surface area contributed by atoms with Crippen molar-refractivity contribution in [2.24, 2.45) is 0 Å². The van der Waals surface area contributed by atoms with Gasteiger partial charge in [-0.3, -0.25) is 9.59 Å². The number of rotatable bonds is 5. The molecule has 0 radical (unpaired) electrons. The fraction of sp³-hybridized carbons (Fsp3) is 0.176. The Morgan fingerprint density at radius 1 is 1.00 bits per heavy atom. The zero-order valence-corrected chi connectivity index (χ0v) is 13.4. The first-order valence-corrected chi connectivity index (χ1v) is 7.89. The number of amides is 2. The minimum Gasteiger partial charge on any atom is -0.326 e. The Morgan fingerprint density at radius 2 is 1.68 bits per heavy atom. The zero-order valence-electron chi connectivity index (χ0n) is 12.6. The summed E-state index contributed by atoms with van der Waals surface area (Å²) in [5.41, 5.74) is 2.49. The van der Waals surface area contributed by atoms with Crippen molar-refractivity contribution in [2.75, 3.05) is 16.4 Å². The molecular weight excluding hydrogens is 296 g/mol. The molecule has 0 spiro atoms. The van der Waals surface area contributed by atoms with E-state index in [1.807, 2.05) is 31.2 Å². The molecule has 22 heavy (non-hydrogen) atoms. The molecule has 2 amide bonds. The molecule has 0 aliphatic heterocycles. The van der Waals surface area contributed by atoms with E-state index in [1.165, 1.54) is 18.7 Å². The van der Waals surface area contributed by atoms with E-state index < -0.39 is 0 Å². The molecule has 0 fully saturated rings. The number of nitrogens with one attached hydrogen (secondary N) is 2. The maximum Gasteiger partial charge on any atom is 0.234 e. The second-order valence-electron chi connectivity index (χ2n) is 4.86. The van der Waals surface area contributed by atoms with Gasteiger partial charge in [0, 0.05) is 23.2 Å². The van der Waals surface area contributed by atoms with Crippen LogP contribution in [0, 0.1) is 6.92 Å². The Morgan fingerprint density at radius 3 is 2.36 bits per heavy atom. The van der Waals surface area contributed by atoms with Gasteiger partial charge in [0.25, 0.3) is 0 Å². The fourth-order valence-corrected chi connectivity index (χ4v) is 2.77. The third kappa shape index (κ3) is 4.93. The van der Waals surface area contributed by atoms with Crippen molar-refractivity contribution in [3.8, 4) is 0 Å². The molecule has 2 rings (SSSR count). The van der Waals surface area contributed by atoms with Crippen molar-refractivity contribution >= 4 is 35.0 Å². The summed E-state index contributed by atoms with van der Waals surface area (Å²) in [6, 6.07) is 15.1. The number of carbonyl (C=O) groups excluding carboxylic acids is 2. The molecule has 0 aliphatic carbocycles. The van der Waals surface area contributed by atoms with E-state index in [0.29, 0.717) is 17.1 Å². The molecule has 0 atom stereocenters. The van der Waals surface area contributed by atoms with Gasteiger partial charge in [0.1, 0.15) is 0 Å². The van der Waals surface area contributed by atoms with Gasteiger partial charge >= 0.3 is 0 Å². The van der Waals surface area contributed by atoms with Crippen molar-refractivity contribution in [2.45, 2.75) is 18.7 Å². The molecule has 0 aromatic heterocycles. The Balaban J connectivity index is 1.92. The second kappa shape index (κ2) is 7.66. The van der Waals surface area contributed by atoms with Gasteiger partial charge < -0.3 is 10.6 Å². The average Bonchev–Trinajstić information content (AvgIpc) is 2.46. The number of benzene rings is 2. The number of thioether (sulfide) groups is 1. The molecule has 114 valence electrons. The summed E-state index contributed by atoms with van der Waals surface area (Å²) in [5.74, 6) is 0.127. The minimum absolute atomic E-state index is 0.0757. The average molecular weight is 314 g/mol. The molecule has 2 aromatic carbocycles. The lowest BCUT2D eigenvalue weighted by atomic mass is 10.2. The van der Waals surface area contributed by atoms with Crippen LogP contribution in [-0.4, -0.2) is 17.6 Å². The highest BCUT2D eigenvalue weighted by atomic mass is 32.2. The molecule has 2 N–H and O–H groups in total. The largest absolute Gasteiger partial charge is 0.326 e. The molecule has 0 saturated carbocycles. The summed E-state index contributed by atoms with van der Waals surface area (Å²) in [7, 11) is 0. The Hall–Kier alpha value is -2.27. The Bertz CT molecular complexity index is 686. The number of anilines is 2. The normalized spacial score (nSPS) is 10.1. The van der Waals surface area contributed by atoms with Gasteiger partial charge in [-0.15, -0.1) is 11.8 Å². The lowest BCUT2D eigenvalue weighted by Gasteiger charge is -2.08. The molecule has 0 bridgehead atoms. The van der Waals surface area contributed by atoms with Gasteiger partial charge in [-0.25, -0.2) is 0 Å². The fourth-order valence-electron chi connectivity index (χ4n) is 1.94. The third-order valence-electron chi connectivity index (χ3n) is 2.92. The van der Waals surface area contributed by atoms with Crippen molar-refractivity contribution < 1.29 is 9.59 Å². The van der Waals surface area contributed by atoms with Gasteiger partial charge in [0.15, 0.2) is 0 Å². The topological polar surface area (TPSA) is 58.2 Å². The molecule has 0 heterocycles. The van der Waals surface area contributed by atoms with E-state index in [0.717, 1.165) is 10.5 Å². The maximum absolute atomic E-state index is 12.0. The van der Waals surface area contributed by atoms with Crippen molar-refractivity contribution in [3.05, 3.63) is 54.1 Å². The van der Waals surface area contributed by atoms with E-state index in [4.69, 9.17) is 0 Å². The van der Waals surface area contributed by atoms with E-state index >= 15 is 0 Å². The highest BCUT2D eigenvalue weighted by Gasteiger charge is 2.06. The highest BCUT2D eigenvalue weighted by Crippen LogP contribution is 2.22. The summed E-state index contributed by atoms with van der Waals surface area (Å²) < 4.78 is 0.